The van der Waals surface area contributed by atoms with Crippen LogP contribution in [0, 0.1) is 13.8 Å². The van der Waals surface area contributed by atoms with Crippen molar-refractivity contribution in [2.75, 3.05) is 16.8 Å². The summed E-state index contributed by atoms with van der Waals surface area (Å²) in [4.78, 5) is 16.6. The molecule has 0 bridgehead atoms. The van der Waals surface area contributed by atoms with E-state index in [1.54, 1.807) is 11.3 Å². The molecule has 3 N–H and O–H groups in total. The molecule has 23 heavy (non-hydrogen) atoms. The molecule has 0 atom stereocenters. The van der Waals surface area contributed by atoms with Gasteiger partial charge in [0.15, 0.2) is 4.34 Å². The Kier molecular flexibility index (Phi) is 4.54. The SMILES string of the molecule is Cc1ccc(NC(=O)CSc2nc3ccc(N)cc3s2)cc1C. The number of nitrogens with one attached hydrogen (secondary N) is 1. The highest BCUT2D eigenvalue weighted by molar-refractivity contribution is 8.01. The fraction of sp³-hybridized carbons (Fsp3) is 0.176. The summed E-state index contributed by atoms with van der Waals surface area (Å²) in [6.45, 7) is 4.09. The van der Waals surface area contributed by atoms with Gasteiger partial charge in [0, 0.05) is 11.4 Å². The molecule has 1 aromatic heterocycles. The predicted molar refractivity (Wildman–Crippen MR) is 99.3 cm³/mol. The Bertz CT molecular complexity index is 873. The number of hydrogen-bond donors (Lipinski definition) is 2. The van der Waals surface area contributed by atoms with Gasteiger partial charge in [-0.3, -0.25) is 4.79 Å². The van der Waals surface area contributed by atoms with Crippen molar-refractivity contribution in [3.05, 3.63) is 47.5 Å². The van der Waals surface area contributed by atoms with Crippen molar-refractivity contribution in [3.8, 4) is 0 Å². The van der Waals surface area contributed by atoms with Crippen molar-refractivity contribution in [1.82, 2.24) is 4.98 Å². The summed E-state index contributed by atoms with van der Waals surface area (Å²) in [6.07, 6.45) is 0. The highest BCUT2D eigenvalue weighted by Gasteiger charge is 2.09. The number of thiazole rings is 1. The van der Waals surface area contributed by atoms with Crippen LogP contribution >= 0.6 is 23.1 Å². The molecule has 0 unspecified atom stereocenters. The molecule has 4 nitrogen and oxygen atoms in total. The molecule has 1 heterocycles. The predicted octanol–water partition coefficient (Wildman–Crippen LogP) is 4.23. The number of amides is 1. The average molecular weight is 343 g/mol. The van der Waals surface area contributed by atoms with E-state index >= 15 is 0 Å². The molecule has 0 saturated heterocycles. The molecule has 0 radical (unpaired) electrons. The van der Waals surface area contributed by atoms with E-state index in [2.05, 4.69) is 17.2 Å². The maximum atomic E-state index is 12.1. The molecular weight excluding hydrogens is 326 g/mol. The van der Waals surface area contributed by atoms with Crippen molar-refractivity contribution in [2.45, 2.75) is 18.2 Å². The van der Waals surface area contributed by atoms with Gasteiger partial charge < -0.3 is 11.1 Å². The average Bonchev–Trinajstić information content (AvgIpc) is 2.91. The van der Waals surface area contributed by atoms with E-state index in [1.807, 2.05) is 43.3 Å². The van der Waals surface area contributed by atoms with Crippen molar-refractivity contribution in [1.29, 1.82) is 0 Å². The lowest BCUT2D eigenvalue weighted by Crippen LogP contribution is -2.14. The molecular formula is C17H17N3OS2. The molecule has 2 aromatic carbocycles. The number of aryl methyl sites for hydroxylation is 2. The van der Waals surface area contributed by atoms with Crippen LogP contribution < -0.4 is 11.1 Å². The zero-order valence-electron chi connectivity index (χ0n) is 12.9. The monoisotopic (exact) mass is 343 g/mol. The molecule has 0 fully saturated rings. The quantitative estimate of drug-likeness (QED) is 0.549. The first-order valence-corrected chi connectivity index (χ1v) is 8.97. The normalized spacial score (nSPS) is 10.9. The van der Waals surface area contributed by atoms with Gasteiger partial charge in [0.1, 0.15) is 0 Å². The van der Waals surface area contributed by atoms with Crippen LogP contribution in [0.3, 0.4) is 0 Å². The third kappa shape index (κ3) is 3.83. The zero-order valence-corrected chi connectivity index (χ0v) is 14.6. The first-order valence-electron chi connectivity index (χ1n) is 7.17. The minimum Gasteiger partial charge on any atom is -0.399 e. The van der Waals surface area contributed by atoms with Crippen LogP contribution in [0.25, 0.3) is 10.2 Å². The number of thioether (sulfide) groups is 1. The third-order valence-corrected chi connectivity index (χ3v) is 5.67. The Hall–Kier alpha value is -2.05. The maximum absolute atomic E-state index is 12.1. The van der Waals surface area contributed by atoms with Gasteiger partial charge in [-0.2, -0.15) is 0 Å². The van der Waals surface area contributed by atoms with E-state index in [0.29, 0.717) is 5.75 Å². The summed E-state index contributed by atoms with van der Waals surface area (Å²) in [6, 6.07) is 11.6. The Morgan fingerprint density at radius 3 is 2.83 bits per heavy atom. The first kappa shape index (κ1) is 15.8. The lowest BCUT2D eigenvalue weighted by molar-refractivity contribution is -0.113. The number of nitrogens with two attached hydrogens (primary N) is 1. The molecule has 0 aliphatic heterocycles. The van der Waals surface area contributed by atoms with Crippen LogP contribution in [0.1, 0.15) is 11.1 Å². The molecule has 0 saturated carbocycles. The number of anilines is 2. The lowest BCUT2D eigenvalue weighted by atomic mass is 10.1. The smallest absolute Gasteiger partial charge is 0.234 e. The van der Waals surface area contributed by atoms with E-state index in [9.17, 15) is 4.79 Å². The first-order chi connectivity index (χ1) is 11.0. The number of rotatable bonds is 4. The number of nitrogens with zero attached hydrogens (tertiary/aromatic N) is 1. The van der Waals surface area contributed by atoms with E-state index in [-0.39, 0.29) is 5.91 Å². The molecule has 118 valence electrons. The number of fused-ring (bicyclic) bond motifs is 1. The maximum Gasteiger partial charge on any atom is 0.234 e. The third-order valence-electron chi connectivity index (χ3n) is 3.51. The van der Waals surface area contributed by atoms with Crippen LogP contribution in [0.15, 0.2) is 40.7 Å². The summed E-state index contributed by atoms with van der Waals surface area (Å²) in [7, 11) is 0. The second kappa shape index (κ2) is 6.60. The van der Waals surface area contributed by atoms with Gasteiger partial charge in [-0.05, 0) is 55.3 Å². The minimum absolute atomic E-state index is 0.0305. The highest BCUT2D eigenvalue weighted by atomic mass is 32.2. The summed E-state index contributed by atoms with van der Waals surface area (Å²) in [5.74, 6) is 0.305. The van der Waals surface area contributed by atoms with E-state index in [1.165, 1.54) is 22.9 Å². The number of nitrogen functional groups attached to an aromatic ring is 1. The Morgan fingerprint density at radius 2 is 2.04 bits per heavy atom. The Balaban J connectivity index is 1.62. The second-order valence-corrected chi connectivity index (χ2v) is 7.60. The molecule has 0 aliphatic carbocycles. The highest BCUT2D eigenvalue weighted by Crippen LogP contribution is 2.30. The van der Waals surface area contributed by atoms with Gasteiger partial charge in [0.05, 0.1) is 16.0 Å². The molecule has 6 heteroatoms. The topological polar surface area (TPSA) is 68.0 Å². The van der Waals surface area contributed by atoms with Gasteiger partial charge in [0.25, 0.3) is 0 Å². The number of aromatic nitrogens is 1. The molecule has 0 aliphatic rings. The molecule has 3 aromatic rings. The Labute approximate surface area is 143 Å². The van der Waals surface area contributed by atoms with Gasteiger partial charge in [-0.15, -0.1) is 11.3 Å². The Morgan fingerprint density at radius 1 is 1.22 bits per heavy atom. The summed E-state index contributed by atoms with van der Waals surface area (Å²) in [5, 5.41) is 2.92. The summed E-state index contributed by atoms with van der Waals surface area (Å²) in [5.41, 5.74) is 10.6. The molecule has 3 rings (SSSR count). The summed E-state index contributed by atoms with van der Waals surface area (Å²) >= 11 is 3.00. The number of carbonyl (C=O) groups excluding carboxylic acids is 1. The lowest BCUT2D eigenvalue weighted by Gasteiger charge is -2.06. The van der Waals surface area contributed by atoms with E-state index < -0.39 is 0 Å². The van der Waals surface area contributed by atoms with Crippen molar-refractivity contribution >= 4 is 50.6 Å². The number of hydrogen-bond acceptors (Lipinski definition) is 5. The van der Waals surface area contributed by atoms with Gasteiger partial charge in [-0.25, -0.2) is 4.98 Å². The number of benzene rings is 2. The van der Waals surface area contributed by atoms with Gasteiger partial charge >= 0.3 is 0 Å². The minimum atomic E-state index is -0.0305. The number of carbonyl (C=O) groups is 1. The second-order valence-electron chi connectivity index (χ2n) is 5.34. The van der Waals surface area contributed by atoms with E-state index in [0.717, 1.165) is 25.9 Å². The standard InChI is InChI=1S/C17H17N3OS2/c1-10-3-5-13(7-11(10)2)19-16(21)9-22-17-20-14-6-4-12(18)8-15(14)23-17/h3-8H,9,18H2,1-2H3,(H,19,21). The van der Waals surface area contributed by atoms with Crippen molar-refractivity contribution in [3.63, 3.8) is 0 Å². The molecule has 0 spiro atoms. The largest absolute Gasteiger partial charge is 0.399 e. The van der Waals surface area contributed by atoms with E-state index in [4.69, 9.17) is 5.73 Å². The fourth-order valence-electron chi connectivity index (χ4n) is 2.13. The van der Waals surface area contributed by atoms with Gasteiger partial charge in [-0.1, -0.05) is 17.8 Å². The van der Waals surface area contributed by atoms with Gasteiger partial charge in [0.2, 0.25) is 5.91 Å². The van der Waals surface area contributed by atoms with Crippen LogP contribution in [-0.4, -0.2) is 16.6 Å². The molecule has 1 amide bonds. The fourth-order valence-corrected chi connectivity index (χ4v) is 4.04. The van der Waals surface area contributed by atoms with Crippen LogP contribution in [0.5, 0.6) is 0 Å². The van der Waals surface area contributed by atoms with Crippen LogP contribution in [-0.2, 0) is 4.79 Å². The van der Waals surface area contributed by atoms with Crippen LogP contribution in [0.4, 0.5) is 11.4 Å². The summed E-state index contributed by atoms with van der Waals surface area (Å²) < 4.78 is 1.92. The zero-order chi connectivity index (χ0) is 16.4. The van der Waals surface area contributed by atoms with Crippen molar-refractivity contribution < 1.29 is 4.79 Å². The van der Waals surface area contributed by atoms with Crippen molar-refractivity contribution in [2.24, 2.45) is 0 Å². The van der Waals surface area contributed by atoms with Crippen LogP contribution in [0.2, 0.25) is 0 Å².